The number of carbonyl (C=O) groups is 1. The Morgan fingerprint density at radius 1 is 1.33 bits per heavy atom. The predicted octanol–water partition coefficient (Wildman–Crippen LogP) is 2.57. The molecular weight excluding hydrogens is 192 g/mol. The first-order chi connectivity index (χ1) is 7.08. The Hall–Kier alpha value is -0.570. The third-order valence-corrected chi connectivity index (χ3v) is 3.67. The molecule has 3 heteroatoms. The summed E-state index contributed by atoms with van der Waals surface area (Å²) in [4.78, 5) is 10.6. The summed E-state index contributed by atoms with van der Waals surface area (Å²) < 4.78 is 0. The van der Waals surface area contributed by atoms with E-state index in [1.165, 1.54) is 0 Å². The molecule has 2 N–H and O–H groups in total. The number of carboxylic acid groups (broad SMARTS) is 1. The van der Waals surface area contributed by atoms with E-state index < -0.39 is 5.97 Å². The SMILES string of the molecule is CCCC1(CCC(=O)O)CCC(O)CC1. The van der Waals surface area contributed by atoms with Crippen molar-refractivity contribution in [3.63, 3.8) is 0 Å². The van der Waals surface area contributed by atoms with Crippen LogP contribution in [-0.2, 0) is 4.79 Å². The van der Waals surface area contributed by atoms with Crippen LogP contribution < -0.4 is 0 Å². The molecule has 1 saturated carbocycles. The molecule has 0 aliphatic heterocycles. The molecule has 0 heterocycles. The zero-order valence-electron chi connectivity index (χ0n) is 9.54. The smallest absolute Gasteiger partial charge is 0.303 e. The quantitative estimate of drug-likeness (QED) is 0.739. The second kappa shape index (κ2) is 5.50. The maximum atomic E-state index is 10.6. The molecule has 0 atom stereocenters. The number of rotatable bonds is 5. The molecule has 1 fully saturated rings. The van der Waals surface area contributed by atoms with Crippen molar-refractivity contribution < 1.29 is 15.0 Å². The summed E-state index contributed by atoms with van der Waals surface area (Å²) in [5.74, 6) is -0.698. The Labute approximate surface area is 91.5 Å². The average Bonchev–Trinajstić information content (AvgIpc) is 2.20. The Morgan fingerprint density at radius 2 is 1.93 bits per heavy atom. The highest BCUT2D eigenvalue weighted by molar-refractivity contribution is 5.66. The maximum Gasteiger partial charge on any atom is 0.303 e. The fourth-order valence-electron chi connectivity index (χ4n) is 2.74. The van der Waals surface area contributed by atoms with Crippen LogP contribution in [0.15, 0.2) is 0 Å². The highest BCUT2D eigenvalue weighted by Crippen LogP contribution is 2.43. The van der Waals surface area contributed by atoms with Gasteiger partial charge >= 0.3 is 5.97 Å². The van der Waals surface area contributed by atoms with Gasteiger partial charge in [-0.1, -0.05) is 13.3 Å². The van der Waals surface area contributed by atoms with Gasteiger partial charge in [0.25, 0.3) is 0 Å². The van der Waals surface area contributed by atoms with Crippen molar-refractivity contribution in [3.8, 4) is 0 Å². The molecule has 1 aliphatic carbocycles. The number of aliphatic hydroxyl groups excluding tert-OH is 1. The minimum absolute atomic E-state index is 0.153. The van der Waals surface area contributed by atoms with Gasteiger partial charge in [-0.15, -0.1) is 0 Å². The highest BCUT2D eigenvalue weighted by atomic mass is 16.4. The molecule has 0 spiro atoms. The Bertz CT molecular complexity index is 205. The summed E-state index contributed by atoms with van der Waals surface area (Å²) in [5, 5.41) is 18.2. The highest BCUT2D eigenvalue weighted by Gasteiger charge is 2.33. The predicted molar refractivity (Wildman–Crippen MR) is 58.7 cm³/mol. The van der Waals surface area contributed by atoms with E-state index in [9.17, 15) is 9.90 Å². The van der Waals surface area contributed by atoms with Gasteiger partial charge in [-0.3, -0.25) is 4.79 Å². The van der Waals surface area contributed by atoms with Crippen LogP contribution in [-0.4, -0.2) is 22.3 Å². The van der Waals surface area contributed by atoms with Crippen LogP contribution in [0, 0.1) is 5.41 Å². The molecule has 0 unspecified atom stereocenters. The lowest BCUT2D eigenvalue weighted by Crippen LogP contribution is -2.30. The van der Waals surface area contributed by atoms with Gasteiger partial charge in [0.2, 0.25) is 0 Å². The normalized spacial score (nSPS) is 31.5. The summed E-state index contributed by atoms with van der Waals surface area (Å²) in [5.41, 5.74) is 0.201. The number of aliphatic hydroxyl groups is 1. The van der Waals surface area contributed by atoms with Crippen molar-refractivity contribution in [1.82, 2.24) is 0 Å². The molecule has 0 radical (unpaired) electrons. The van der Waals surface area contributed by atoms with Crippen LogP contribution in [0.25, 0.3) is 0 Å². The molecule has 0 amide bonds. The van der Waals surface area contributed by atoms with E-state index in [4.69, 9.17) is 5.11 Å². The Morgan fingerprint density at radius 3 is 2.40 bits per heavy atom. The van der Waals surface area contributed by atoms with Gasteiger partial charge in [-0.25, -0.2) is 0 Å². The van der Waals surface area contributed by atoms with Gasteiger partial charge in [0.05, 0.1) is 6.10 Å². The summed E-state index contributed by atoms with van der Waals surface area (Å²) >= 11 is 0. The molecule has 3 nitrogen and oxygen atoms in total. The summed E-state index contributed by atoms with van der Waals surface area (Å²) in [7, 11) is 0. The van der Waals surface area contributed by atoms with Crippen molar-refractivity contribution in [2.45, 2.75) is 64.4 Å². The molecule has 88 valence electrons. The topological polar surface area (TPSA) is 57.5 Å². The molecule has 0 saturated heterocycles. The van der Waals surface area contributed by atoms with Crippen LogP contribution in [0.1, 0.15) is 58.3 Å². The van der Waals surface area contributed by atoms with Crippen LogP contribution >= 0.6 is 0 Å². The molecule has 0 aromatic carbocycles. The van der Waals surface area contributed by atoms with E-state index in [-0.39, 0.29) is 17.9 Å². The van der Waals surface area contributed by atoms with E-state index in [2.05, 4.69) is 6.92 Å². The minimum atomic E-state index is -0.698. The summed E-state index contributed by atoms with van der Waals surface area (Å²) in [6.07, 6.45) is 6.80. The van der Waals surface area contributed by atoms with Crippen LogP contribution in [0.4, 0.5) is 0 Å². The fraction of sp³-hybridized carbons (Fsp3) is 0.917. The van der Waals surface area contributed by atoms with E-state index in [0.717, 1.165) is 44.9 Å². The zero-order chi connectivity index (χ0) is 11.3. The standard InChI is InChI=1S/C12H22O3/c1-2-6-12(9-5-11(14)15)7-3-10(13)4-8-12/h10,13H,2-9H2,1H3,(H,14,15). The summed E-state index contributed by atoms with van der Waals surface area (Å²) in [6.45, 7) is 2.15. The van der Waals surface area contributed by atoms with Gasteiger partial charge in [-0.05, 0) is 43.9 Å². The van der Waals surface area contributed by atoms with E-state index >= 15 is 0 Å². The van der Waals surface area contributed by atoms with Crippen molar-refractivity contribution in [2.75, 3.05) is 0 Å². The maximum absolute atomic E-state index is 10.6. The molecule has 1 aliphatic rings. The van der Waals surface area contributed by atoms with Gasteiger partial charge < -0.3 is 10.2 Å². The van der Waals surface area contributed by atoms with Gasteiger partial charge in [-0.2, -0.15) is 0 Å². The van der Waals surface area contributed by atoms with E-state index in [0.29, 0.717) is 0 Å². The first-order valence-electron chi connectivity index (χ1n) is 5.98. The lowest BCUT2D eigenvalue weighted by atomic mass is 9.68. The molecule has 15 heavy (non-hydrogen) atoms. The number of hydrogen-bond acceptors (Lipinski definition) is 2. The van der Waals surface area contributed by atoms with E-state index in [1.807, 2.05) is 0 Å². The lowest BCUT2D eigenvalue weighted by Gasteiger charge is -2.39. The third kappa shape index (κ3) is 3.82. The minimum Gasteiger partial charge on any atom is -0.481 e. The van der Waals surface area contributed by atoms with Gasteiger partial charge in [0, 0.05) is 6.42 Å². The number of hydrogen-bond donors (Lipinski definition) is 2. The zero-order valence-corrected chi connectivity index (χ0v) is 9.54. The second-order valence-corrected chi connectivity index (χ2v) is 4.87. The molecule has 0 aromatic heterocycles. The Kier molecular flexibility index (Phi) is 4.58. The average molecular weight is 214 g/mol. The van der Waals surface area contributed by atoms with Gasteiger partial charge in [0.15, 0.2) is 0 Å². The molecular formula is C12H22O3. The lowest BCUT2D eigenvalue weighted by molar-refractivity contribution is -0.138. The van der Waals surface area contributed by atoms with E-state index in [1.54, 1.807) is 0 Å². The van der Waals surface area contributed by atoms with Gasteiger partial charge in [0.1, 0.15) is 0 Å². The first-order valence-corrected chi connectivity index (χ1v) is 5.98. The molecule has 1 rings (SSSR count). The monoisotopic (exact) mass is 214 g/mol. The molecule has 0 bridgehead atoms. The Balaban J connectivity index is 2.50. The van der Waals surface area contributed by atoms with Crippen molar-refractivity contribution in [1.29, 1.82) is 0 Å². The van der Waals surface area contributed by atoms with Crippen molar-refractivity contribution in [2.24, 2.45) is 5.41 Å². The van der Waals surface area contributed by atoms with Crippen molar-refractivity contribution in [3.05, 3.63) is 0 Å². The number of carboxylic acids is 1. The van der Waals surface area contributed by atoms with Crippen LogP contribution in [0.5, 0.6) is 0 Å². The van der Waals surface area contributed by atoms with Crippen LogP contribution in [0.3, 0.4) is 0 Å². The third-order valence-electron chi connectivity index (χ3n) is 3.67. The first kappa shape index (κ1) is 12.5. The van der Waals surface area contributed by atoms with Crippen molar-refractivity contribution >= 4 is 5.97 Å². The van der Waals surface area contributed by atoms with Crippen LogP contribution in [0.2, 0.25) is 0 Å². The fourth-order valence-corrected chi connectivity index (χ4v) is 2.74. The summed E-state index contributed by atoms with van der Waals surface area (Å²) in [6, 6.07) is 0. The molecule has 0 aromatic rings. The second-order valence-electron chi connectivity index (χ2n) is 4.87. The number of aliphatic carboxylic acids is 1. The largest absolute Gasteiger partial charge is 0.481 e.